The minimum Gasteiger partial charge on any atom is -0.388 e. The molecule has 0 saturated carbocycles. The van der Waals surface area contributed by atoms with Gasteiger partial charge in [0.2, 0.25) is 6.39 Å². The second kappa shape index (κ2) is 5.11. The molecule has 2 N–H and O–H groups in total. The number of aromatic nitrogens is 2. The van der Waals surface area contributed by atoms with E-state index in [4.69, 9.17) is 0 Å². The van der Waals surface area contributed by atoms with Gasteiger partial charge in [0, 0.05) is 18.3 Å². The van der Waals surface area contributed by atoms with E-state index in [-0.39, 0.29) is 12.5 Å². The second-order valence-electron chi connectivity index (χ2n) is 3.36. The summed E-state index contributed by atoms with van der Waals surface area (Å²) in [6, 6.07) is 7.17. The van der Waals surface area contributed by atoms with Crippen LogP contribution in [0.25, 0.3) is 0 Å². The molecular formula is C11H12N4O2. The Hall–Kier alpha value is -2.37. The Balaban J connectivity index is 1.95. The Morgan fingerprint density at radius 1 is 1.35 bits per heavy atom. The van der Waals surface area contributed by atoms with Crippen molar-refractivity contribution in [3.05, 3.63) is 42.0 Å². The van der Waals surface area contributed by atoms with E-state index in [0.29, 0.717) is 11.4 Å². The molecule has 0 aliphatic rings. The normalized spacial score (nSPS) is 9.94. The molecule has 0 aliphatic heterocycles. The molecule has 6 heteroatoms. The van der Waals surface area contributed by atoms with Crippen molar-refractivity contribution in [3.8, 4) is 0 Å². The molecule has 0 unspecified atom stereocenters. The summed E-state index contributed by atoms with van der Waals surface area (Å²) in [4.78, 5) is 15.5. The first-order chi connectivity index (χ1) is 8.29. The minimum atomic E-state index is -0.169. The maximum atomic E-state index is 11.7. The number of anilines is 1. The van der Waals surface area contributed by atoms with Gasteiger partial charge in [-0.05, 0) is 24.3 Å². The average molecular weight is 232 g/mol. The van der Waals surface area contributed by atoms with Crippen LogP contribution in [0.5, 0.6) is 0 Å². The fourth-order valence-electron chi connectivity index (χ4n) is 1.32. The van der Waals surface area contributed by atoms with E-state index in [0.717, 1.165) is 5.69 Å². The summed E-state index contributed by atoms with van der Waals surface area (Å²) in [5, 5.41) is 9.28. The van der Waals surface area contributed by atoms with E-state index in [1.165, 1.54) is 6.39 Å². The fourth-order valence-corrected chi connectivity index (χ4v) is 1.32. The van der Waals surface area contributed by atoms with Gasteiger partial charge in [-0.1, -0.05) is 5.16 Å². The van der Waals surface area contributed by atoms with Gasteiger partial charge in [0.25, 0.3) is 5.91 Å². The second-order valence-corrected chi connectivity index (χ2v) is 3.36. The SMILES string of the molecule is CNc1ccc(C(=O)NCc2ncon2)cc1. The van der Waals surface area contributed by atoms with Gasteiger partial charge >= 0.3 is 0 Å². The van der Waals surface area contributed by atoms with Crippen LogP contribution in [-0.2, 0) is 6.54 Å². The summed E-state index contributed by atoms with van der Waals surface area (Å²) in [5.41, 5.74) is 1.55. The molecule has 1 aromatic carbocycles. The molecule has 0 bridgehead atoms. The molecular weight excluding hydrogens is 220 g/mol. The van der Waals surface area contributed by atoms with E-state index in [9.17, 15) is 4.79 Å². The van der Waals surface area contributed by atoms with Crippen molar-refractivity contribution in [1.82, 2.24) is 15.5 Å². The highest BCUT2D eigenvalue weighted by Crippen LogP contribution is 2.08. The summed E-state index contributed by atoms with van der Waals surface area (Å²) in [6.07, 6.45) is 1.23. The average Bonchev–Trinajstić information content (AvgIpc) is 2.89. The van der Waals surface area contributed by atoms with E-state index >= 15 is 0 Å². The summed E-state index contributed by atoms with van der Waals surface area (Å²) in [6.45, 7) is 0.253. The molecule has 1 heterocycles. The molecule has 2 rings (SSSR count). The number of carbonyl (C=O) groups is 1. The Kier molecular flexibility index (Phi) is 3.34. The van der Waals surface area contributed by atoms with Gasteiger partial charge < -0.3 is 15.2 Å². The van der Waals surface area contributed by atoms with Gasteiger partial charge in [0.05, 0.1) is 6.54 Å². The van der Waals surface area contributed by atoms with E-state index in [1.54, 1.807) is 12.1 Å². The topological polar surface area (TPSA) is 80.0 Å². The van der Waals surface area contributed by atoms with Crippen LogP contribution in [0.3, 0.4) is 0 Å². The maximum absolute atomic E-state index is 11.7. The van der Waals surface area contributed by atoms with Crippen LogP contribution in [0.1, 0.15) is 16.2 Å². The molecule has 0 spiro atoms. The van der Waals surface area contributed by atoms with Crippen LogP contribution < -0.4 is 10.6 Å². The first-order valence-electron chi connectivity index (χ1n) is 5.11. The van der Waals surface area contributed by atoms with E-state index in [2.05, 4.69) is 25.3 Å². The number of rotatable bonds is 4. The monoisotopic (exact) mass is 232 g/mol. The molecule has 0 fully saturated rings. The molecule has 1 amide bonds. The number of carbonyl (C=O) groups excluding carboxylic acids is 1. The first kappa shape index (κ1) is 11.1. The Morgan fingerprint density at radius 3 is 2.71 bits per heavy atom. The van der Waals surface area contributed by atoms with Crippen molar-refractivity contribution in [1.29, 1.82) is 0 Å². The van der Waals surface area contributed by atoms with Gasteiger partial charge in [-0.15, -0.1) is 0 Å². The molecule has 17 heavy (non-hydrogen) atoms. The van der Waals surface area contributed by atoms with Gasteiger partial charge in [0.1, 0.15) is 0 Å². The summed E-state index contributed by atoms with van der Waals surface area (Å²) in [5.74, 6) is 0.280. The van der Waals surface area contributed by atoms with E-state index < -0.39 is 0 Å². The summed E-state index contributed by atoms with van der Waals surface area (Å²) < 4.78 is 4.56. The highest BCUT2D eigenvalue weighted by molar-refractivity contribution is 5.94. The van der Waals surface area contributed by atoms with Crippen LogP contribution in [0.2, 0.25) is 0 Å². The van der Waals surface area contributed by atoms with Crippen molar-refractivity contribution in [2.45, 2.75) is 6.54 Å². The van der Waals surface area contributed by atoms with Gasteiger partial charge in [-0.3, -0.25) is 4.79 Å². The van der Waals surface area contributed by atoms with Crippen molar-refractivity contribution in [3.63, 3.8) is 0 Å². The predicted octanol–water partition coefficient (Wildman–Crippen LogP) is 1.04. The molecule has 2 aromatic rings. The van der Waals surface area contributed by atoms with Crippen LogP contribution in [-0.4, -0.2) is 23.1 Å². The molecule has 0 radical (unpaired) electrons. The standard InChI is InChI=1S/C11H12N4O2/c1-12-9-4-2-8(3-5-9)11(16)13-6-10-14-7-17-15-10/h2-5,7,12H,6H2,1H3,(H,13,16). The molecule has 6 nitrogen and oxygen atoms in total. The third-order valence-electron chi connectivity index (χ3n) is 2.25. The molecule has 0 saturated heterocycles. The largest absolute Gasteiger partial charge is 0.388 e. The van der Waals surface area contributed by atoms with Crippen LogP contribution in [0, 0.1) is 0 Å². The number of nitrogens with one attached hydrogen (secondary N) is 2. The highest BCUT2D eigenvalue weighted by Gasteiger charge is 2.06. The predicted molar refractivity (Wildman–Crippen MR) is 61.5 cm³/mol. The Labute approximate surface area is 98.0 Å². The lowest BCUT2D eigenvalue weighted by Crippen LogP contribution is -2.23. The molecule has 88 valence electrons. The number of benzene rings is 1. The maximum Gasteiger partial charge on any atom is 0.251 e. The smallest absolute Gasteiger partial charge is 0.251 e. The minimum absolute atomic E-state index is 0.169. The van der Waals surface area contributed by atoms with Crippen molar-refractivity contribution < 1.29 is 9.32 Å². The van der Waals surface area contributed by atoms with Crippen molar-refractivity contribution in [2.75, 3.05) is 12.4 Å². The lowest BCUT2D eigenvalue weighted by Gasteiger charge is -2.04. The molecule has 0 atom stereocenters. The third-order valence-corrected chi connectivity index (χ3v) is 2.25. The fraction of sp³-hybridized carbons (Fsp3) is 0.182. The van der Waals surface area contributed by atoms with Crippen LogP contribution >= 0.6 is 0 Å². The summed E-state index contributed by atoms with van der Waals surface area (Å²) >= 11 is 0. The number of hydrogen-bond acceptors (Lipinski definition) is 5. The first-order valence-corrected chi connectivity index (χ1v) is 5.11. The zero-order valence-electron chi connectivity index (χ0n) is 9.30. The van der Waals surface area contributed by atoms with Crippen LogP contribution in [0.4, 0.5) is 5.69 Å². The number of nitrogens with zero attached hydrogens (tertiary/aromatic N) is 2. The van der Waals surface area contributed by atoms with Crippen LogP contribution in [0.15, 0.2) is 35.2 Å². The lowest BCUT2D eigenvalue weighted by atomic mass is 10.2. The quantitative estimate of drug-likeness (QED) is 0.823. The Morgan fingerprint density at radius 2 is 2.12 bits per heavy atom. The van der Waals surface area contributed by atoms with Gasteiger partial charge in [-0.2, -0.15) is 4.98 Å². The molecule has 0 aliphatic carbocycles. The number of hydrogen-bond donors (Lipinski definition) is 2. The molecule has 1 aromatic heterocycles. The van der Waals surface area contributed by atoms with Crippen molar-refractivity contribution >= 4 is 11.6 Å². The Bertz CT molecular complexity index is 479. The lowest BCUT2D eigenvalue weighted by molar-refractivity contribution is 0.0949. The van der Waals surface area contributed by atoms with Crippen molar-refractivity contribution in [2.24, 2.45) is 0 Å². The highest BCUT2D eigenvalue weighted by atomic mass is 16.5. The van der Waals surface area contributed by atoms with Gasteiger partial charge in [-0.25, -0.2) is 0 Å². The van der Waals surface area contributed by atoms with Gasteiger partial charge in [0.15, 0.2) is 5.82 Å². The zero-order chi connectivity index (χ0) is 12.1. The van der Waals surface area contributed by atoms with E-state index in [1.807, 2.05) is 19.2 Å². The third kappa shape index (κ3) is 2.81. The summed E-state index contributed by atoms with van der Waals surface area (Å²) in [7, 11) is 1.82. The zero-order valence-corrected chi connectivity index (χ0v) is 9.30. The number of amides is 1.